The molecule has 0 bridgehead atoms. The minimum atomic E-state index is -0.562. The highest BCUT2D eigenvalue weighted by Crippen LogP contribution is 2.52. The summed E-state index contributed by atoms with van der Waals surface area (Å²) < 4.78 is 0. The van der Waals surface area contributed by atoms with Gasteiger partial charge in [0, 0.05) is 34.3 Å². The molecule has 4 heteroatoms. The van der Waals surface area contributed by atoms with Crippen molar-refractivity contribution in [1.29, 1.82) is 0 Å². The Labute approximate surface area is 304 Å². The summed E-state index contributed by atoms with van der Waals surface area (Å²) in [6.45, 7) is 2.28. The molecule has 6 aromatic carbocycles. The second-order valence-electron chi connectivity index (χ2n) is 14.2. The molecule has 1 aromatic heterocycles. The van der Waals surface area contributed by atoms with Crippen molar-refractivity contribution in [1.82, 2.24) is 15.0 Å². The Bertz CT molecular complexity index is 2500. The van der Waals surface area contributed by atoms with Crippen LogP contribution >= 0.6 is 0 Å². The first-order valence-corrected chi connectivity index (χ1v) is 18.1. The van der Waals surface area contributed by atoms with Gasteiger partial charge in [0.25, 0.3) is 0 Å². The monoisotopic (exact) mass is 668 g/mol. The second kappa shape index (κ2) is 12.1. The van der Waals surface area contributed by atoms with Crippen molar-refractivity contribution in [2.24, 2.45) is 0 Å². The number of allylic oxidation sites excluding steroid dienone is 3. The van der Waals surface area contributed by atoms with E-state index in [2.05, 4.69) is 157 Å². The maximum absolute atomic E-state index is 5.25. The first-order valence-electron chi connectivity index (χ1n) is 18.1. The van der Waals surface area contributed by atoms with Gasteiger partial charge in [-0.05, 0) is 58.1 Å². The van der Waals surface area contributed by atoms with E-state index >= 15 is 0 Å². The number of fused-ring (bicyclic) bond motifs is 6. The first-order chi connectivity index (χ1) is 25.7. The lowest BCUT2D eigenvalue weighted by atomic mass is 9.65. The molecular weight excluding hydrogens is 633 g/mol. The highest BCUT2D eigenvalue weighted by Gasteiger charge is 2.43. The topological polar surface area (TPSA) is 41.9 Å². The van der Waals surface area contributed by atoms with Crippen LogP contribution in [0.5, 0.6) is 0 Å². The summed E-state index contributed by atoms with van der Waals surface area (Å²) in [5.74, 6) is 2.37. The second-order valence-corrected chi connectivity index (χ2v) is 14.2. The van der Waals surface area contributed by atoms with Crippen LogP contribution in [0.1, 0.15) is 46.8 Å². The van der Waals surface area contributed by atoms with Gasteiger partial charge in [-0.15, -0.1) is 0 Å². The smallest absolute Gasteiger partial charge is 0.163 e. The van der Waals surface area contributed by atoms with E-state index < -0.39 is 5.41 Å². The Morgan fingerprint density at radius 2 is 1.25 bits per heavy atom. The molecule has 4 nitrogen and oxygen atoms in total. The number of hydrogen-bond donors (Lipinski definition) is 0. The van der Waals surface area contributed by atoms with Gasteiger partial charge >= 0.3 is 0 Å². The van der Waals surface area contributed by atoms with E-state index in [1.54, 1.807) is 0 Å². The molecule has 248 valence electrons. The lowest BCUT2D eigenvalue weighted by Gasteiger charge is -2.39. The Hall–Kier alpha value is -6.39. The molecule has 0 N–H and O–H groups in total. The van der Waals surface area contributed by atoms with Crippen molar-refractivity contribution in [3.05, 3.63) is 204 Å². The van der Waals surface area contributed by atoms with Gasteiger partial charge in [0.05, 0.1) is 11.5 Å². The predicted octanol–water partition coefficient (Wildman–Crippen LogP) is 11.2. The van der Waals surface area contributed by atoms with E-state index in [1.165, 1.54) is 44.4 Å². The van der Waals surface area contributed by atoms with Crippen LogP contribution in [-0.2, 0) is 5.41 Å². The minimum Gasteiger partial charge on any atom is -0.333 e. The number of hydrogen-bond acceptors (Lipinski definition) is 4. The zero-order chi connectivity index (χ0) is 34.6. The van der Waals surface area contributed by atoms with E-state index in [9.17, 15) is 0 Å². The van der Waals surface area contributed by atoms with Gasteiger partial charge in [-0.3, -0.25) is 0 Å². The quantitative estimate of drug-likeness (QED) is 0.183. The average Bonchev–Trinajstić information content (AvgIpc) is 3.56. The van der Waals surface area contributed by atoms with Crippen molar-refractivity contribution in [2.45, 2.75) is 30.2 Å². The molecule has 3 aliphatic rings. The number of anilines is 2. The van der Waals surface area contributed by atoms with Gasteiger partial charge in [0.15, 0.2) is 11.6 Å². The van der Waals surface area contributed by atoms with Crippen molar-refractivity contribution < 1.29 is 0 Å². The molecule has 0 amide bonds. The van der Waals surface area contributed by atoms with Gasteiger partial charge in [0.1, 0.15) is 5.82 Å². The number of benzene rings is 6. The summed E-state index contributed by atoms with van der Waals surface area (Å²) in [5, 5.41) is 2.62. The largest absolute Gasteiger partial charge is 0.333 e. The van der Waals surface area contributed by atoms with Crippen molar-refractivity contribution >= 4 is 28.2 Å². The van der Waals surface area contributed by atoms with Crippen molar-refractivity contribution in [3.8, 4) is 22.8 Å². The summed E-state index contributed by atoms with van der Waals surface area (Å²) in [7, 11) is 0. The van der Waals surface area contributed by atoms with Crippen LogP contribution in [0.3, 0.4) is 0 Å². The summed E-state index contributed by atoms with van der Waals surface area (Å²) in [5.41, 5.74) is 8.95. The molecule has 2 heterocycles. The van der Waals surface area contributed by atoms with Crippen molar-refractivity contribution in [2.75, 3.05) is 4.90 Å². The summed E-state index contributed by atoms with van der Waals surface area (Å²) in [4.78, 5) is 18.0. The molecule has 0 fully saturated rings. The highest BCUT2D eigenvalue weighted by molar-refractivity contribution is 5.95. The third-order valence-electron chi connectivity index (χ3n) is 11.1. The van der Waals surface area contributed by atoms with Gasteiger partial charge < -0.3 is 4.90 Å². The van der Waals surface area contributed by atoms with Crippen LogP contribution in [0, 0.1) is 0 Å². The minimum absolute atomic E-state index is 0.0301. The third kappa shape index (κ3) is 4.86. The summed E-state index contributed by atoms with van der Waals surface area (Å²) >= 11 is 0. The molecule has 0 spiro atoms. The van der Waals surface area contributed by atoms with E-state index in [1.807, 2.05) is 36.4 Å². The SMILES string of the molecule is CC1(c2nc(-c3ccccc3)nc(-c3ccccc3)n2)C=Cc2ccccc2C1c1ccc(N2c3ccc4ccccc4c3C3C=CC=CC32)cc1. The molecule has 52 heavy (non-hydrogen) atoms. The zero-order valence-corrected chi connectivity index (χ0v) is 28.8. The summed E-state index contributed by atoms with van der Waals surface area (Å²) in [6, 6.07) is 52.0. The molecule has 4 unspecified atom stereocenters. The van der Waals surface area contributed by atoms with Crippen LogP contribution in [0.4, 0.5) is 11.4 Å². The molecule has 0 radical (unpaired) electrons. The molecule has 0 saturated heterocycles. The number of nitrogens with zero attached hydrogens (tertiary/aromatic N) is 4. The van der Waals surface area contributed by atoms with Crippen molar-refractivity contribution in [3.63, 3.8) is 0 Å². The highest BCUT2D eigenvalue weighted by atomic mass is 15.2. The van der Waals surface area contributed by atoms with Gasteiger partial charge in [-0.1, -0.05) is 164 Å². The van der Waals surface area contributed by atoms with Gasteiger partial charge in [-0.25, -0.2) is 15.0 Å². The predicted molar refractivity (Wildman–Crippen MR) is 213 cm³/mol. The van der Waals surface area contributed by atoms with Gasteiger partial charge in [0.2, 0.25) is 0 Å². The zero-order valence-electron chi connectivity index (χ0n) is 28.8. The number of aromatic nitrogens is 3. The summed E-state index contributed by atoms with van der Waals surface area (Å²) in [6.07, 6.45) is 13.6. The first kappa shape index (κ1) is 30.4. The standard InChI is InChI=1S/C48H36N4/c1-48(47-50-45(35-16-4-2-5-17-35)49-46(51-47)36-18-6-3-7-19-36)31-30-33-15-9-11-21-39(33)44(48)34-24-27-37(28-25-34)52-41-23-13-12-22-40(41)43-38-20-10-8-14-32(38)26-29-42(43)52/h2-31,40-41,44H,1H3. The Morgan fingerprint density at radius 3 is 2.00 bits per heavy atom. The van der Waals surface area contributed by atoms with Crippen LogP contribution in [0.15, 0.2) is 176 Å². The van der Waals surface area contributed by atoms with E-state index in [-0.39, 0.29) is 12.0 Å². The third-order valence-corrected chi connectivity index (χ3v) is 11.1. The van der Waals surface area contributed by atoms with Gasteiger partial charge in [-0.2, -0.15) is 0 Å². The lowest BCUT2D eigenvalue weighted by Crippen LogP contribution is -2.34. The fraction of sp³-hybridized carbons (Fsp3) is 0.104. The Kier molecular flexibility index (Phi) is 7.10. The van der Waals surface area contributed by atoms with E-state index in [0.29, 0.717) is 17.6 Å². The molecule has 2 aliphatic carbocycles. The molecule has 4 atom stereocenters. The van der Waals surface area contributed by atoms with Crippen LogP contribution in [-0.4, -0.2) is 21.0 Å². The van der Waals surface area contributed by atoms with E-state index in [0.717, 1.165) is 17.0 Å². The fourth-order valence-corrected chi connectivity index (χ4v) is 8.64. The molecule has 1 aliphatic heterocycles. The van der Waals surface area contributed by atoms with Crippen LogP contribution < -0.4 is 4.90 Å². The molecule has 10 rings (SSSR count). The maximum atomic E-state index is 5.25. The normalized spacial score (nSPS) is 21.2. The maximum Gasteiger partial charge on any atom is 0.163 e. The average molecular weight is 669 g/mol. The molecule has 0 saturated carbocycles. The lowest BCUT2D eigenvalue weighted by molar-refractivity contribution is 0.481. The van der Waals surface area contributed by atoms with Crippen LogP contribution in [0.2, 0.25) is 0 Å². The molecule has 7 aromatic rings. The Balaban J connectivity index is 1.11. The van der Waals surface area contributed by atoms with Crippen LogP contribution in [0.25, 0.3) is 39.6 Å². The molecular formula is C48H36N4. The van der Waals surface area contributed by atoms with E-state index in [4.69, 9.17) is 15.0 Å². The fourth-order valence-electron chi connectivity index (χ4n) is 8.64. The Morgan fingerprint density at radius 1 is 0.596 bits per heavy atom. The number of rotatable bonds is 5.